The van der Waals surface area contributed by atoms with Gasteiger partial charge in [0.05, 0.1) is 19.0 Å². The molecule has 2 heterocycles. The molecule has 0 radical (unpaired) electrons. The number of likely N-dealkylation sites (tertiary alicyclic amines) is 1. The van der Waals surface area contributed by atoms with Crippen molar-refractivity contribution in [2.45, 2.75) is 70.7 Å². The molecule has 2 fully saturated rings. The van der Waals surface area contributed by atoms with E-state index in [-0.39, 0.29) is 23.9 Å². The highest BCUT2D eigenvalue weighted by atomic mass is 16.5. The number of nitrogens with zero attached hydrogens (tertiary/aromatic N) is 2. The van der Waals surface area contributed by atoms with E-state index in [1.54, 1.807) is 11.0 Å². The van der Waals surface area contributed by atoms with Crippen molar-refractivity contribution in [3.63, 3.8) is 0 Å². The van der Waals surface area contributed by atoms with E-state index in [1.165, 1.54) is 29.5 Å². The molecule has 3 aliphatic rings. The number of ether oxygens (including phenoxy) is 1. The molecular weight excluding hydrogens is 500 g/mol. The predicted octanol–water partition coefficient (Wildman–Crippen LogP) is 5.60. The van der Waals surface area contributed by atoms with Gasteiger partial charge in [-0.3, -0.25) is 19.3 Å². The van der Waals surface area contributed by atoms with Crippen molar-refractivity contribution in [3.8, 4) is 5.75 Å². The van der Waals surface area contributed by atoms with Gasteiger partial charge in [0.2, 0.25) is 0 Å². The number of aryl methyl sites for hydroxylation is 1. The number of hydrogen-bond acceptors (Lipinski definition) is 5. The third-order valence-electron chi connectivity index (χ3n) is 8.69. The summed E-state index contributed by atoms with van der Waals surface area (Å²) in [7, 11) is 0. The highest BCUT2D eigenvalue weighted by Crippen LogP contribution is 2.35. The summed E-state index contributed by atoms with van der Waals surface area (Å²) < 4.78 is 6.19. The Morgan fingerprint density at radius 3 is 2.38 bits per heavy atom. The van der Waals surface area contributed by atoms with E-state index < -0.39 is 6.04 Å². The van der Waals surface area contributed by atoms with Crippen LogP contribution in [0.3, 0.4) is 0 Å². The molecule has 206 valence electrons. The Balaban J connectivity index is 1.03. The molecule has 3 aromatic rings. The number of carbonyl (C=O) groups excluding carboxylic acids is 3. The van der Waals surface area contributed by atoms with Crippen molar-refractivity contribution < 1.29 is 19.1 Å². The average Bonchev–Trinajstić information content (AvgIpc) is 3.29. The van der Waals surface area contributed by atoms with Gasteiger partial charge in [-0.1, -0.05) is 60.2 Å². The van der Waals surface area contributed by atoms with E-state index in [9.17, 15) is 14.4 Å². The van der Waals surface area contributed by atoms with Crippen molar-refractivity contribution in [2.24, 2.45) is 0 Å². The van der Waals surface area contributed by atoms with Gasteiger partial charge >= 0.3 is 0 Å². The Bertz CT molecular complexity index is 1420. The molecule has 40 heavy (non-hydrogen) atoms. The lowest BCUT2D eigenvalue weighted by atomic mass is 9.88. The second-order valence-electron chi connectivity index (χ2n) is 11.5. The van der Waals surface area contributed by atoms with Gasteiger partial charge in [0.25, 0.3) is 5.91 Å². The lowest BCUT2D eigenvalue weighted by Crippen LogP contribution is -2.44. The summed E-state index contributed by atoms with van der Waals surface area (Å²) >= 11 is 0. The summed E-state index contributed by atoms with van der Waals surface area (Å²) in [5, 5.41) is 0. The van der Waals surface area contributed by atoms with Crippen LogP contribution in [0.2, 0.25) is 0 Å². The lowest BCUT2D eigenvalue weighted by Gasteiger charge is -2.32. The SMILES string of the molecule is Cc1cccc(C2CCN(Cc3ccc(COc4cccc5c4CN(C4CCC(=O)CC4=O)C5=O)cc3)CC2)c1. The highest BCUT2D eigenvalue weighted by Gasteiger charge is 2.40. The Morgan fingerprint density at radius 2 is 1.62 bits per heavy atom. The van der Waals surface area contributed by atoms with E-state index in [0.29, 0.717) is 43.2 Å². The third-order valence-corrected chi connectivity index (χ3v) is 8.69. The molecule has 1 atom stereocenters. The minimum atomic E-state index is -0.522. The monoisotopic (exact) mass is 536 g/mol. The molecule has 6 nitrogen and oxygen atoms in total. The van der Waals surface area contributed by atoms with Gasteiger partial charge in [-0.15, -0.1) is 0 Å². The number of carbonyl (C=O) groups is 3. The summed E-state index contributed by atoms with van der Waals surface area (Å²) in [5.74, 6) is 0.984. The molecule has 1 saturated heterocycles. The van der Waals surface area contributed by atoms with Crippen LogP contribution >= 0.6 is 0 Å². The second kappa shape index (κ2) is 11.4. The first-order valence-electron chi connectivity index (χ1n) is 14.4. The highest BCUT2D eigenvalue weighted by molar-refractivity contribution is 6.07. The Kier molecular flexibility index (Phi) is 7.53. The van der Waals surface area contributed by atoms with Crippen LogP contribution in [0, 0.1) is 6.92 Å². The van der Waals surface area contributed by atoms with Crippen LogP contribution in [0.25, 0.3) is 0 Å². The number of rotatable bonds is 7. The quantitative estimate of drug-likeness (QED) is 0.368. The number of piperidine rings is 1. The normalized spacial score (nSPS) is 20.2. The molecule has 1 unspecified atom stereocenters. The van der Waals surface area contributed by atoms with Crippen LogP contribution in [0.1, 0.15) is 76.2 Å². The summed E-state index contributed by atoms with van der Waals surface area (Å²) in [6.07, 6.45) is 3.08. The van der Waals surface area contributed by atoms with Crippen LogP contribution in [0.15, 0.2) is 66.7 Å². The van der Waals surface area contributed by atoms with Crippen molar-refractivity contribution in [1.82, 2.24) is 9.80 Å². The maximum Gasteiger partial charge on any atom is 0.255 e. The zero-order valence-electron chi connectivity index (χ0n) is 23.1. The Labute approximate surface area is 235 Å². The minimum absolute atomic E-state index is 0.0388. The first-order valence-corrected chi connectivity index (χ1v) is 14.4. The molecule has 0 spiro atoms. The summed E-state index contributed by atoms with van der Waals surface area (Å²) in [6.45, 7) is 6.10. The molecule has 1 amide bonds. The van der Waals surface area contributed by atoms with Crippen LogP contribution in [0.4, 0.5) is 0 Å². The maximum atomic E-state index is 13.1. The zero-order chi connectivity index (χ0) is 27.6. The molecule has 6 rings (SSSR count). The predicted molar refractivity (Wildman–Crippen MR) is 153 cm³/mol. The van der Waals surface area contributed by atoms with Crippen molar-refractivity contribution in [1.29, 1.82) is 0 Å². The van der Waals surface area contributed by atoms with E-state index in [2.05, 4.69) is 60.4 Å². The van der Waals surface area contributed by atoms with Gasteiger partial charge in [0.15, 0.2) is 5.78 Å². The molecular formula is C34H36N2O4. The summed E-state index contributed by atoms with van der Waals surface area (Å²) in [4.78, 5) is 41.4. The molecule has 0 N–H and O–H groups in total. The molecule has 2 aliphatic heterocycles. The third kappa shape index (κ3) is 5.59. The number of Topliss-reactive ketones (excluding diaryl/α,β-unsaturated/α-hetero) is 2. The topological polar surface area (TPSA) is 66.9 Å². The van der Waals surface area contributed by atoms with Crippen LogP contribution in [-0.2, 0) is 29.3 Å². The van der Waals surface area contributed by atoms with Gasteiger partial charge in [0, 0.05) is 24.1 Å². The van der Waals surface area contributed by atoms with Gasteiger partial charge in [-0.05, 0) is 74.0 Å². The fourth-order valence-corrected chi connectivity index (χ4v) is 6.41. The number of fused-ring (bicyclic) bond motifs is 1. The lowest BCUT2D eigenvalue weighted by molar-refractivity contribution is -0.133. The van der Waals surface area contributed by atoms with Gasteiger partial charge in [0.1, 0.15) is 18.1 Å². The van der Waals surface area contributed by atoms with Crippen LogP contribution in [-0.4, -0.2) is 46.4 Å². The van der Waals surface area contributed by atoms with E-state index in [4.69, 9.17) is 4.74 Å². The number of amides is 1. The molecule has 6 heteroatoms. The average molecular weight is 537 g/mol. The van der Waals surface area contributed by atoms with Gasteiger partial charge < -0.3 is 9.64 Å². The van der Waals surface area contributed by atoms with Gasteiger partial charge in [-0.2, -0.15) is 0 Å². The first-order chi connectivity index (χ1) is 19.4. The molecule has 0 bridgehead atoms. The molecule has 1 saturated carbocycles. The van der Waals surface area contributed by atoms with E-state index in [1.807, 2.05) is 12.1 Å². The van der Waals surface area contributed by atoms with Crippen LogP contribution < -0.4 is 4.74 Å². The fraction of sp³-hybridized carbons (Fsp3) is 0.382. The van der Waals surface area contributed by atoms with E-state index >= 15 is 0 Å². The summed E-state index contributed by atoms with van der Waals surface area (Å²) in [6, 6.07) is 22.5. The molecule has 3 aromatic carbocycles. The maximum absolute atomic E-state index is 13.1. The Morgan fingerprint density at radius 1 is 0.875 bits per heavy atom. The van der Waals surface area contributed by atoms with Crippen molar-refractivity contribution in [2.75, 3.05) is 13.1 Å². The second-order valence-corrected chi connectivity index (χ2v) is 11.5. The van der Waals surface area contributed by atoms with Crippen LogP contribution in [0.5, 0.6) is 5.75 Å². The van der Waals surface area contributed by atoms with Gasteiger partial charge in [-0.25, -0.2) is 0 Å². The standard InChI is InChI=1S/C34H36N2O4/c1-23-4-2-5-27(18-23)26-14-16-35(17-15-26)20-24-8-10-25(11-9-24)22-40-33-7-3-6-29-30(33)21-36(34(29)39)31-13-12-28(37)19-32(31)38/h2-11,18,26,31H,12-17,19-22H2,1H3. The van der Waals surface area contributed by atoms with Crippen molar-refractivity contribution >= 4 is 17.5 Å². The van der Waals surface area contributed by atoms with E-state index in [0.717, 1.165) is 30.8 Å². The number of ketones is 2. The fourth-order valence-electron chi connectivity index (χ4n) is 6.41. The molecule has 1 aliphatic carbocycles. The molecule has 0 aromatic heterocycles. The smallest absolute Gasteiger partial charge is 0.255 e. The Hall–Kier alpha value is -3.77. The number of benzene rings is 3. The van der Waals surface area contributed by atoms with Crippen molar-refractivity contribution in [3.05, 3.63) is 100 Å². The largest absolute Gasteiger partial charge is 0.489 e. The minimum Gasteiger partial charge on any atom is -0.489 e. The first kappa shape index (κ1) is 26.5. The zero-order valence-corrected chi connectivity index (χ0v) is 23.1. The number of hydrogen-bond donors (Lipinski definition) is 0. The summed E-state index contributed by atoms with van der Waals surface area (Å²) in [5.41, 5.74) is 6.60.